The molecule has 0 radical (unpaired) electrons. The number of likely N-dealkylation sites (N-methyl/N-ethyl adjacent to an activating group) is 1. The van der Waals surface area contributed by atoms with Crippen LogP contribution in [0.5, 0.6) is 0 Å². The van der Waals surface area contributed by atoms with E-state index in [9.17, 15) is 0 Å². The van der Waals surface area contributed by atoms with Crippen LogP contribution in [0.1, 0.15) is 19.3 Å². The van der Waals surface area contributed by atoms with Gasteiger partial charge < -0.3 is 15.0 Å². The average Bonchev–Trinajstić information content (AvgIpc) is 3.17. The molecule has 126 valence electrons. The molecule has 2 rings (SSSR count). The number of guanidine groups is 1. The molecule has 1 heterocycles. The van der Waals surface area contributed by atoms with E-state index in [1.807, 2.05) is 37.2 Å². The zero-order valence-corrected chi connectivity index (χ0v) is 15.9. The van der Waals surface area contributed by atoms with Crippen LogP contribution in [0.25, 0.3) is 0 Å². The molecule has 1 N–H and O–H groups in total. The van der Waals surface area contributed by atoms with E-state index >= 15 is 0 Å². The summed E-state index contributed by atoms with van der Waals surface area (Å²) in [5.41, 5.74) is 0. The molecule has 1 saturated carbocycles. The van der Waals surface area contributed by atoms with Gasteiger partial charge in [0.15, 0.2) is 5.96 Å². The van der Waals surface area contributed by atoms with Crippen molar-refractivity contribution in [3.63, 3.8) is 0 Å². The third-order valence-electron chi connectivity index (χ3n) is 3.60. The van der Waals surface area contributed by atoms with Crippen LogP contribution in [-0.4, -0.2) is 61.0 Å². The summed E-state index contributed by atoms with van der Waals surface area (Å²) >= 11 is 0. The first-order valence-electron chi connectivity index (χ1n) is 7.76. The van der Waals surface area contributed by atoms with Crippen LogP contribution < -0.4 is 5.32 Å². The summed E-state index contributed by atoms with van der Waals surface area (Å²) < 4.78 is 7.61. The van der Waals surface area contributed by atoms with Gasteiger partial charge in [0, 0.05) is 52.7 Å². The number of halogens is 1. The normalized spacial score (nSPS) is 14.5. The lowest BCUT2D eigenvalue weighted by molar-refractivity contribution is 0.115. The molecule has 0 spiro atoms. The highest BCUT2D eigenvalue weighted by molar-refractivity contribution is 14.0. The summed E-state index contributed by atoms with van der Waals surface area (Å²) in [6.07, 6.45) is 7.50. The maximum Gasteiger partial charge on any atom is 0.193 e. The number of hydrogen-bond acceptors (Lipinski definition) is 3. The molecule has 0 unspecified atom stereocenters. The SMILES string of the molecule is CN=C(NCCCn1cccn1)N(C)CCOCC1CC1.I. The Hall–Kier alpha value is -0.830. The molecule has 0 atom stereocenters. The fraction of sp³-hybridized carbons (Fsp3) is 0.733. The van der Waals surface area contributed by atoms with Gasteiger partial charge >= 0.3 is 0 Å². The van der Waals surface area contributed by atoms with Crippen LogP contribution in [0, 0.1) is 5.92 Å². The van der Waals surface area contributed by atoms with Gasteiger partial charge in [-0.2, -0.15) is 5.10 Å². The van der Waals surface area contributed by atoms with Gasteiger partial charge in [0.05, 0.1) is 6.61 Å². The van der Waals surface area contributed by atoms with E-state index in [2.05, 4.69) is 20.3 Å². The van der Waals surface area contributed by atoms with E-state index in [0.29, 0.717) is 0 Å². The minimum atomic E-state index is 0. The van der Waals surface area contributed by atoms with Crippen molar-refractivity contribution < 1.29 is 4.74 Å². The Bertz CT molecular complexity index is 420. The molecule has 0 saturated heterocycles. The van der Waals surface area contributed by atoms with Crippen LogP contribution in [0.3, 0.4) is 0 Å². The zero-order valence-electron chi connectivity index (χ0n) is 13.6. The van der Waals surface area contributed by atoms with E-state index < -0.39 is 0 Å². The Labute approximate surface area is 150 Å². The van der Waals surface area contributed by atoms with E-state index in [0.717, 1.165) is 51.1 Å². The maximum absolute atomic E-state index is 5.66. The van der Waals surface area contributed by atoms with E-state index in [4.69, 9.17) is 4.74 Å². The second kappa shape index (κ2) is 10.8. The molecule has 1 aliphatic rings. The molecule has 1 aromatic rings. The zero-order chi connectivity index (χ0) is 14.9. The van der Waals surface area contributed by atoms with Gasteiger partial charge in [0.1, 0.15) is 0 Å². The van der Waals surface area contributed by atoms with E-state index in [1.165, 1.54) is 12.8 Å². The van der Waals surface area contributed by atoms with Gasteiger partial charge in [-0.3, -0.25) is 9.67 Å². The van der Waals surface area contributed by atoms with Crippen molar-refractivity contribution in [1.82, 2.24) is 20.0 Å². The van der Waals surface area contributed by atoms with Crippen molar-refractivity contribution >= 4 is 29.9 Å². The van der Waals surface area contributed by atoms with Gasteiger partial charge in [-0.05, 0) is 31.2 Å². The lowest BCUT2D eigenvalue weighted by atomic mass is 10.4. The Balaban J connectivity index is 0.00000242. The Morgan fingerprint density at radius 3 is 2.95 bits per heavy atom. The van der Waals surface area contributed by atoms with Crippen molar-refractivity contribution in [3.8, 4) is 0 Å². The summed E-state index contributed by atoms with van der Waals surface area (Å²) in [5, 5.41) is 7.56. The average molecular weight is 421 g/mol. The number of rotatable bonds is 9. The second-order valence-corrected chi connectivity index (χ2v) is 5.54. The molecule has 1 fully saturated rings. The minimum absolute atomic E-state index is 0. The molecular weight excluding hydrogens is 393 g/mol. The highest BCUT2D eigenvalue weighted by Crippen LogP contribution is 2.28. The first-order valence-corrected chi connectivity index (χ1v) is 7.76. The third-order valence-corrected chi connectivity index (χ3v) is 3.60. The Kier molecular flexibility index (Phi) is 9.45. The predicted octanol–water partition coefficient (Wildman–Crippen LogP) is 1.82. The summed E-state index contributed by atoms with van der Waals surface area (Å²) in [4.78, 5) is 6.41. The number of nitrogens with one attached hydrogen (secondary N) is 1. The number of hydrogen-bond donors (Lipinski definition) is 1. The van der Waals surface area contributed by atoms with Crippen LogP contribution >= 0.6 is 24.0 Å². The van der Waals surface area contributed by atoms with Crippen molar-refractivity contribution in [2.24, 2.45) is 10.9 Å². The topological polar surface area (TPSA) is 54.7 Å². The van der Waals surface area contributed by atoms with Gasteiger partial charge in [-0.25, -0.2) is 0 Å². The summed E-state index contributed by atoms with van der Waals surface area (Å²) in [6.45, 7) is 4.36. The minimum Gasteiger partial charge on any atom is -0.379 e. The predicted molar refractivity (Wildman–Crippen MR) is 99.8 cm³/mol. The number of aromatic nitrogens is 2. The lowest BCUT2D eigenvalue weighted by Crippen LogP contribution is -2.41. The molecule has 22 heavy (non-hydrogen) atoms. The standard InChI is InChI=1S/C15H27N5O.HI/c1-16-15(17-7-3-9-20-10-4-8-18-20)19(2)11-12-21-13-14-5-6-14;/h4,8,10,14H,3,5-7,9,11-13H2,1-2H3,(H,16,17);1H. The van der Waals surface area contributed by atoms with Crippen LogP contribution in [0.15, 0.2) is 23.5 Å². The molecular formula is C15H28IN5O. The van der Waals surface area contributed by atoms with Gasteiger partial charge in [-0.1, -0.05) is 0 Å². The van der Waals surface area contributed by atoms with Gasteiger partial charge in [-0.15, -0.1) is 24.0 Å². The number of aryl methyl sites for hydroxylation is 1. The first kappa shape index (κ1) is 19.2. The van der Waals surface area contributed by atoms with Crippen LogP contribution in [-0.2, 0) is 11.3 Å². The Morgan fingerprint density at radius 2 is 2.32 bits per heavy atom. The Morgan fingerprint density at radius 1 is 1.50 bits per heavy atom. The largest absolute Gasteiger partial charge is 0.379 e. The monoisotopic (exact) mass is 421 g/mol. The maximum atomic E-state index is 5.66. The molecule has 0 bridgehead atoms. The number of nitrogens with zero attached hydrogens (tertiary/aromatic N) is 4. The van der Waals surface area contributed by atoms with E-state index in [-0.39, 0.29) is 24.0 Å². The molecule has 1 aliphatic carbocycles. The number of ether oxygens (including phenoxy) is 1. The smallest absolute Gasteiger partial charge is 0.193 e. The summed E-state index contributed by atoms with van der Waals surface area (Å²) in [5.74, 6) is 1.75. The highest BCUT2D eigenvalue weighted by atomic mass is 127. The lowest BCUT2D eigenvalue weighted by Gasteiger charge is -2.22. The molecule has 1 aromatic heterocycles. The van der Waals surface area contributed by atoms with Crippen molar-refractivity contribution in [2.45, 2.75) is 25.8 Å². The quantitative estimate of drug-likeness (QED) is 0.286. The number of aliphatic imine (C=N–C) groups is 1. The highest BCUT2D eigenvalue weighted by Gasteiger charge is 2.21. The molecule has 0 amide bonds. The van der Waals surface area contributed by atoms with Gasteiger partial charge in [0.25, 0.3) is 0 Å². The van der Waals surface area contributed by atoms with Crippen LogP contribution in [0.4, 0.5) is 0 Å². The molecule has 7 heteroatoms. The molecule has 0 aromatic carbocycles. The van der Waals surface area contributed by atoms with Crippen LogP contribution in [0.2, 0.25) is 0 Å². The third kappa shape index (κ3) is 7.44. The summed E-state index contributed by atoms with van der Waals surface area (Å²) in [7, 11) is 3.86. The second-order valence-electron chi connectivity index (χ2n) is 5.54. The van der Waals surface area contributed by atoms with Crippen molar-refractivity contribution in [3.05, 3.63) is 18.5 Å². The van der Waals surface area contributed by atoms with Gasteiger partial charge in [0.2, 0.25) is 0 Å². The van der Waals surface area contributed by atoms with Crippen molar-refractivity contribution in [1.29, 1.82) is 0 Å². The first-order chi connectivity index (χ1) is 10.3. The molecule has 0 aliphatic heterocycles. The van der Waals surface area contributed by atoms with Crippen molar-refractivity contribution in [2.75, 3.05) is 40.4 Å². The fourth-order valence-electron chi connectivity index (χ4n) is 2.10. The fourth-order valence-corrected chi connectivity index (χ4v) is 2.10. The molecule has 6 nitrogen and oxygen atoms in total. The van der Waals surface area contributed by atoms with E-state index in [1.54, 1.807) is 0 Å². The summed E-state index contributed by atoms with van der Waals surface area (Å²) in [6, 6.07) is 1.95.